The molecule has 26 heavy (non-hydrogen) atoms. The minimum Gasteiger partial charge on any atom is -0.441 e. The van der Waals surface area contributed by atoms with Crippen LogP contribution in [-0.4, -0.2) is 28.4 Å². The van der Waals surface area contributed by atoms with Crippen LogP contribution in [0.2, 0.25) is 0 Å². The van der Waals surface area contributed by atoms with Gasteiger partial charge in [-0.15, -0.1) is 0 Å². The maximum Gasteiger partial charge on any atom is 0.254 e. The van der Waals surface area contributed by atoms with Crippen molar-refractivity contribution in [2.24, 2.45) is 5.92 Å². The molecule has 2 aromatic carbocycles. The number of piperidine rings is 1. The second-order valence-electron chi connectivity index (χ2n) is 7.57. The number of oxazole rings is 1. The summed E-state index contributed by atoms with van der Waals surface area (Å²) in [5.74, 6) is 1.59. The molecule has 4 heteroatoms. The highest BCUT2D eigenvalue weighted by Gasteiger charge is 2.40. The minimum atomic E-state index is 0.146. The molecule has 1 aromatic heterocycles. The number of rotatable bonds is 4. The van der Waals surface area contributed by atoms with Gasteiger partial charge in [0.1, 0.15) is 5.52 Å². The fourth-order valence-electron chi connectivity index (χ4n) is 4.45. The van der Waals surface area contributed by atoms with Gasteiger partial charge >= 0.3 is 0 Å². The molecule has 1 aliphatic carbocycles. The second-order valence-corrected chi connectivity index (χ2v) is 7.57. The molecule has 132 valence electrons. The molecule has 0 unspecified atom stereocenters. The monoisotopic (exact) mass is 346 g/mol. The lowest BCUT2D eigenvalue weighted by Crippen LogP contribution is -2.37. The quantitative estimate of drug-likeness (QED) is 0.710. The van der Waals surface area contributed by atoms with E-state index in [1.807, 2.05) is 36.4 Å². The Morgan fingerprint density at radius 2 is 2.00 bits per heavy atom. The summed E-state index contributed by atoms with van der Waals surface area (Å²) in [6.07, 6.45) is 5.28. The smallest absolute Gasteiger partial charge is 0.254 e. The molecule has 5 rings (SSSR count). The first-order chi connectivity index (χ1) is 12.8. The van der Waals surface area contributed by atoms with Crippen molar-refractivity contribution in [1.82, 2.24) is 9.88 Å². The molecule has 2 fully saturated rings. The lowest BCUT2D eigenvalue weighted by Gasteiger charge is -2.27. The Morgan fingerprint density at radius 3 is 2.77 bits per heavy atom. The number of nitrogens with zero attached hydrogens (tertiary/aromatic N) is 2. The SMILES string of the molecule is O=C(c1ccc2oc(CCc3ccccc3)nc2c1)N1C[C@H]2CC[C@H]1C2. The minimum absolute atomic E-state index is 0.146. The van der Waals surface area contributed by atoms with E-state index in [1.54, 1.807) is 0 Å². The van der Waals surface area contributed by atoms with Gasteiger partial charge in [0.15, 0.2) is 11.5 Å². The van der Waals surface area contributed by atoms with Gasteiger partial charge in [-0.25, -0.2) is 4.98 Å². The fourth-order valence-corrected chi connectivity index (χ4v) is 4.45. The van der Waals surface area contributed by atoms with Crippen LogP contribution >= 0.6 is 0 Å². The molecule has 2 atom stereocenters. The number of hydrogen-bond acceptors (Lipinski definition) is 3. The molecule has 0 N–H and O–H groups in total. The Kier molecular flexibility index (Phi) is 3.77. The van der Waals surface area contributed by atoms with Crippen molar-refractivity contribution in [3.63, 3.8) is 0 Å². The molecule has 1 amide bonds. The second kappa shape index (κ2) is 6.27. The normalized spacial score (nSPS) is 21.6. The molecule has 1 saturated heterocycles. The number of aryl methyl sites for hydroxylation is 2. The van der Waals surface area contributed by atoms with Gasteiger partial charge in [-0.2, -0.15) is 0 Å². The van der Waals surface area contributed by atoms with E-state index in [0.717, 1.165) is 48.4 Å². The number of likely N-dealkylation sites (tertiary alicyclic amines) is 1. The van der Waals surface area contributed by atoms with Gasteiger partial charge in [-0.3, -0.25) is 4.79 Å². The summed E-state index contributed by atoms with van der Waals surface area (Å²) in [7, 11) is 0. The van der Waals surface area contributed by atoms with Crippen LogP contribution in [-0.2, 0) is 12.8 Å². The first kappa shape index (κ1) is 15.6. The number of aromatic nitrogens is 1. The highest BCUT2D eigenvalue weighted by Crippen LogP contribution is 2.38. The van der Waals surface area contributed by atoms with Crippen molar-refractivity contribution in [2.75, 3.05) is 6.54 Å². The van der Waals surface area contributed by atoms with Crippen LogP contribution in [0, 0.1) is 5.92 Å². The summed E-state index contributed by atoms with van der Waals surface area (Å²) in [4.78, 5) is 19.5. The summed E-state index contributed by atoms with van der Waals surface area (Å²) in [5.41, 5.74) is 3.54. The van der Waals surface area contributed by atoms with E-state index in [9.17, 15) is 4.79 Å². The summed E-state index contributed by atoms with van der Waals surface area (Å²) in [6, 6.07) is 16.4. The van der Waals surface area contributed by atoms with E-state index in [2.05, 4.69) is 22.0 Å². The maximum absolute atomic E-state index is 12.9. The lowest BCUT2D eigenvalue weighted by atomic mass is 10.1. The molecule has 2 bridgehead atoms. The highest BCUT2D eigenvalue weighted by molar-refractivity contribution is 5.97. The molecule has 0 radical (unpaired) electrons. The molecule has 1 aliphatic heterocycles. The van der Waals surface area contributed by atoms with Gasteiger partial charge in [0.2, 0.25) is 0 Å². The first-order valence-electron chi connectivity index (χ1n) is 9.50. The van der Waals surface area contributed by atoms with Crippen LogP contribution in [0.25, 0.3) is 11.1 Å². The summed E-state index contributed by atoms with van der Waals surface area (Å²) in [6.45, 7) is 0.919. The molecule has 2 heterocycles. The Balaban J connectivity index is 1.34. The molecule has 3 aromatic rings. The zero-order chi connectivity index (χ0) is 17.5. The number of amides is 1. The van der Waals surface area contributed by atoms with Gasteiger partial charge in [0.25, 0.3) is 5.91 Å². The molecule has 1 saturated carbocycles. The third-order valence-corrected chi connectivity index (χ3v) is 5.82. The van der Waals surface area contributed by atoms with Crippen LogP contribution in [0.15, 0.2) is 52.9 Å². The van der Waals surface area contributed by atoms with E-state index in [1.165, 1.54) is 18.4 Å². The van der Waals surface area contributed by atoms with Crippen LogP contribution in [0.4, 0.5) is 0 Å². The zero-order valence-electron chi connectivity index (χ0n) is 14.7. The number of fused-ring (bicyclic) bond motifs is 3. The number of carbonyl (C=O) groups excluding carboxylic acids is 1. The Labute approximate surface area is 152 Å². The van der Waals surface area contributed by atoms with Crippen molar-refractivity contribution in [1.29, 1.82) is 0 Å². The third kappa shape index (κ3) is 2.79. The van der Waals surface area contributed by atoms with E-state index in [-0.39, 0.29) is 5.91 Å². The Bertz CT molecular complexity index is 947. The van der Waals surface area contributed by atoms with Gasteiger partial charge < -0.3 is 9.32 Å². The molecular weight excluding hydrogens is 324 g/mol. The topological polar surface area (TPSA) is 46.3 Å². The van der Waals surface area contributed by atoms with Gasteiger partial charge in [-0.1, -0.05) is 30.3 Å². The van der Waals surface area contributed by atoms with E-state index < -0.39 is 0 Å². The molecular formula is C22H22N2O2. The summed E-state index contributed by atoms with van der Waals surface area (Å²) < 4.78 is 5.86. The summed E-state index contributed by atoms with van der Waals surface area (Å²) in [5, 5.41) is 0. The van der Waals surface area contributed by atoms with Gasteiger partial charge in [0.05, 0.1) is 0 Å². The molecule has 2 aliphatic rings. The number of carbonyl (C=O) groups is 1. The predicted molar refractivity (Wildman–Crippen MR) is 100 cm³/mol. The Morgan fingerprint density at radius 1 is 1.12 bits per heavy atom. The summed E-state index contributed by atoms with van der Waals surface area (Å²) >= 11 is 0. The van der Waals surface area contributed by atoms with Gasteiger partial charge in [0, 0.05) is 24.6 Å². The average molecular weight is 346 g/mol. The van der Waals surface area contributed by atoms with Gasteiger partial charge in [-0.05, 0) is 55.4 Å². The van der Waals surface area contributed by atoms with Crippen molar-refractivity contribution < 1.29 is 9.21 Å². The third-order valence-electron chi connectivity index (χ3n) is 5.82. The zero-order valence-corrected chi connectivity index (χ0v) is 14.7. The highest BCUT2D eigenvalue weighted by atomic mass is 16.3. The van der Waals surface area contributed by atoms with E-state index in [0.29, 0.717) is 12.0 Å². The standard InChI is InChI=1S/C22H22N2O2/c25-22(24-14-16-6-9-18(24)12-16)17-8-10-20-19(13-17)23-21(26-20)11-7-15-4-2-1-3-5-15/h1-5,8,10,13,16,18H,6-7,9,11-12,14H2/t16-,18-/m0/s1. The largest absolute Gasteiger partial charge is 0.441 e. The average Bonchev–Trinajstić information content (AvgIpc) is 3.40. The molecule has 4 nitrogen and oxygen atoms in total. The number of benzene rings is 2. The Hall–Kier alpha value is -2.62. The van der Waals surface area contributed by atoms with Crippen LogP contribution < -0.4 is 0 Å². The lowest BCUT2D eigenvalue weighted by molar-refractivity contribution is 0.0704. The predicted octanol–water partition coefficient (Wildman–Crippen LogP) is 4.24. The van der Waals surface area contributed by atoms with Crippen LogP contribution in [0.3, 0.4) is 0 Å². The van der Waals surface area contributed by atoms with Crippen molar-refractivity contribution in [3.8, 4) is 0 Å². The fraction of sp³-hybridized carbons (Fsp3) is 0.364. The number of hydrogen-bond donors (Lipinski definition) is 0. The first-order valence-corrected chi connectivity index (χ1v) is 9.50. The van der Waals surface area contributed by atoms with Crippen molar-refractivity contribution in [2.45, 2.75) is 38.1 Å². The maximum atomic E-state index is 12.9. The van der Waals surface area contributed by atoms with Crippen molar-refractivity contribution >= 4 is 17.0 Å². The van der Waals surface area contributed by atoms with Crippen molar-refractivity contribution in [3.05, 3.63) is 65.5 Å². The van der Waals surface area contributed by atoms with Crippen LogP contribution in [0.5, 0.6) is 0 Å². The van der Waals surface area contributed by atoms with Crippen LogP contribution in [0.1, 0.15) is 41.1 Å². The van der Waals surface area contributed by atoms with E-state index >= 15 is 0 Å². The molecule has 0 spiro atoms. The van der Waals surface area contributed by atoms with E-state index in [4.69, 9.17) is 4.42 Å².